The smallest absolute Gasteiger partial charge is 0.262 e. The van der Waals surface area contributed by atoms with Crippen LogP contribution in [-0.2, 0) is 16.6 Å². The van der Waals surface area contributed by atoms with Gasteiger partial charge in [-0.1, -0.05) is 30.3 Å². The number of nitrogens with one attached hydrogen (secondary N) is 1. The molecule has 0 saturated heterocycles. The van der Waals surface area contributed by atoms with E-state index in [0.717, 1.165) is 5.56 Å². The quantitative estimate of drug-likeness (QED) is 0.899. The molecule has 0 heterocycles. The summed E-state index contributed by atoms with van der Waals surface area (Å²) in [6.45, 7) is 2.21. The van der Waals surface area contributed by atoms with Crippen LogP contribution in [0, 0.1) is 6.92 Å². The van der Waals surface area contributed by atoms with Gasteiger partial charge in [-0.2, -0.15) is 0 Å². The Balaban J connectivity index is 2.28. The van der Waals surface area contributed by atoms with E-state index in [9.17, 15) is 8.42 Å². The van der Waals surface area contributed by atoms with Crippen molar-refractivity contribution in [2.45, 2.75) is 18.4 Å². The number of aryl methyl sites for hydroxylation is 1. The van der Waals surface area contributed by atoms with Gasteiger partial charge >= 0.3 is 0 Å². The third-order valence-corrected chi connectivity index (χ3v) is 4.37. The molecular formula is C14H16N2O2S. The van der Waals surface area contributed by atoms with Crippen LogP contribution in [0.5, 0.6) is 0 Å². The summed E-state index contributed by atoms with van der Waals surface area (Å²) in [7, 11) is -3.54. The zero-order chi connectivity index (χ0) is 13.9. The number of benzene rings is 2. The summed E-state index contributed by atoms with van der Waals surface area (Å²) in [5.74, 6) is 0. The van der Waals surface area contributed by atoms with Gasteiger partial charge in [0.2, 0.25) is 0 Å². The molecular weight excluding hydrogens is 260 g/mol. The SMILES string of the molecule is Cc1ccccc1S(=O)(=O)Nc1ccc(CN)cc1. The van der Waals surface area contributed by atoms with Crippen molar-refractivity contribution in [2.24, 2.45) is 5.73 Å². The third-order valence-electron chi connectivity index (χ3n) is 2.82. The van der Waals surface area contributed by atoms with E-state index in [1.54, 1.807) is 49.4 Å². The van der Waals surface area contributed by atoms with Crippen LogP contribution in [0.4, 0.5) is 5.69 Å². The molecule has 2 rings (SSSR count). The largest absolute Gasteiger partial charge is 0.326 e. The van der Waals surface area contributed by atoms with Crippen molar-refractivity contribution < 1.29 is 8.42 Å². The Morgan fingerprint density at radius 1 is 1.05 bits per heavy atom. The lowest BCUT2D eigenvalue weighted by Gasteiger charge is -2.10. The van der Waals surface area contributed by atoms with Gasteiger partial charge in [-0.25, -0.2) is 8.42 Å². The highest BCUT2D eigenvalue weighted by atomic mass is 32.2. The normalized spacial score (nSPS) is 11.3. The maximum absolute atomic E-state index is 12.2. The fourth-order valence-electron chi connectivity index (χ4n) is 1.78. The standard InChI is InChI=1S/C14H16N2O2S/c1-11-4-2-3-5-14(11)19(17,18)16-13-8-6-12(10-15)7-9-13/h2-9,16H,10,15H2,1H3. The summed E-state index contributed by atoms with van der Waals surface area (Å²) >= 11 is 0. The van der Waals surface area contributed by atoms with Gasteiger partial charge in [-0.15, -0.1) is 0 Å². The Hall–Kier alpha value is -1.85. The molecule has 0 aliphatic rings. The van der Waals surface area contributed by atoms with E-state index >= 15 is 0 Å². The first kappa shape index (κ1) is 13.6. The molecule has 0 aliphatic carbocycles. The lowest BCUT2D eigenvalue weighted by Crippen LogP contribution is -2.14. The van der Waals surface area contributed by atoms with Crippen LogP contribution < -0.4 is 10.5 Å². The highest BCUT2D eigenvalue weighted by Crippen LogP contribution is 2.19. The van der Waals surface area contributed by atoms with Crippen LogP contribution in [-0.4, -0.2) is 8.42 Å². The summed E-state index contributed by atoms with van der Waals surface area (Å²) < 4.78 is 27.0. The van der Waals surface area contributed by atoms with Crippen LogP contribution in [0.15, 0.2) is 53.4 Å². The minimum Gasteiger partial charge on any atom is -0.326 e. The number of rotatable bonds is 4. The molecule has 5 heteroatoms. The van der Waals surface area contributed by atoms with Crippen molar-refractivity contribution in [1.29, 1.82) is 0 Å². The van der Waals surface area contributed by atoms with E-state index in [0.29, 0.717) is 17.8 Å². The maximum atomic E-state index is 12.2. The van der Waals surface area contributed by atoms with Crippen molar-refractivity contribution in [1.82, 2.24) is 0 Å². The lowest BCUT2D eigenvalue weighted by atomic mass is 10.2. The summed E-state index contributed by atoms with van der Waals surface area (Å²) in [5, 5.41) is 0. The second kappa shape index (κ2) is 5.42. The molecule has 0 saturated carbocycles. The van der Waals surface area contributed by atoms with Gasteiger partial charge in [0.15, 0.2) is 0 Å². The molecule has 0 aromatic heterocycles. The van der Waals surface area contributed by atoms with E-state index in [1.165, 1.54) is 0 Å². The number of hydrogen-bond acceptors (Lipinski definition) is 3. The van der Waals surface area contributed by atoms with E-state index in [2.05, 4.69) is 4.72 Å². The Bertz CT molecular complexity index is 664. The highest BCUT2D eigenvalue weighted by Gasteiger charge is 2.15. The predicted molar refractivity (Wildman–Crippen MR) is 76.3 cm³/mol. The van der Waals surface area contributed by atoms with Crippen molar-refractivity contribution in [2.75, 3.05) is 4.72 Å². The minimum absolute atomic E-state index is 0.290. The molecule has 0 radical (unpaired) electrons. The molecule has 0 bridgehead atoms. The van der Waals surface area contributed by atoms with Crippen LogP contribution in [0.1, 0.15) is 11.1 Å². The first-order chi connectivity index (χ1) is 9.03. The number of hydrogen-bond donors (Lipinski definition) is 2. The molecule has 100 valence electrons. The molecule has 0 fully saturated rings. The average Bonchev–Trinajstić information content (AvgIpc) is 2.39. The molecule has 2 aromatic rings. The Morgan fingerprint density at radius 2 is 1.68 bits per heavy atom. The van der Waals surface area contributed by atoms with E-state index in [1.807, 2.05) is 6.07 Å². The summed E-state index contributed by atoms with van der Waals surface area (Å²) in [5.41, 5.74) is 7.70. The topological polar surface area (TPSA) is 72.2 Å². The van der Waals surface area contributed by atoms with Gasteiger partial charge in [0.1, 0.15) is 0 Å². The average molecular weight is 276 g/mol. The minimum atomic E-state index is -3.54. The zero-order valence-corrected chi connectivity index (χ0v) is 11.4. The Kier molecular flexibility index (Phi) is 3.87. The molecule has 3 N–H and O–H groups in total. The molecule has 19 heavy (non-hydrogen) atoms. The Morgan fingerprint density at radius 3 is 2.26 bits per heavy atom. The molecule has 0 atom stereocenters. The Labute approximate surface area is 113 Å². The van der Waals surface area contributed by atoms with Gasteiger partial charge in [0, 0.05) is 12.2 Å². The van der Waals surface area contributed by atoms with Gasteiger partial charge in [0.25, 0.3) is 10.0 Å². The second-order valence-electron chi connectivity index (χ2n) is 4.27. The fourth-order valence-corrected chi connectivity index (χ4v) is 3.08. The number of sulfonamides is 1. The second-order valence-corrected chi connectivity index (χ2v) is 5.92. The van der Waals surface area contributed by atoms with Crippen LogP contribution in [0.25, 0.3) is 0 Å². The monoisotopic (exact) mass is 276 g/mol. The van der Waals surface area contributed by atoms with Crippen molar-refractivity contribution >= 4 is 15.7 Å². The maximum Gasteiger partial charge on any atom is 0.262 e. The third kappa shape index (κ3) is 3.13. The van der Waals surface area contributed by atoms with Gasteiger partial charge < -0.3 is 5.73 Å². The summed E-state index contributed by atoms with van der Waals surface area (Å²) in [4.78, 5) is 0.290. The fraction of sp³-hybridized carbons (Fsp3) is 0.143. The molecule has 0 unspecified atom stereocenters. The zero-order valence-electron chi connectivity index (χ0n) is 10.6. The van der Waals surface area contributed by atoms with Crippen LogP contribution in [0.2, 0.25) is 0 Å². The summed E-state index contributed by atoms with van der Waals surface area (Å²) in [6, 6.07) is 13.9. The van der Waals surface area contributed by atoms with Crippen molar-refractivity contribution in [3.8, 4) is 0 Å². The lowest BCUT2D eigenvalue weighted by molar-refractivity contribution is 0.600. The highest BCUT2D eigenvalue weighted by molar-refractivity contribution is 7.92. The van der Waals surface area contributed by atoms with Crippen LogP contribution >= 0.6 is 0 Å². The molecule has 0 amide bonds. The number of nitrogens with two attached hydrogens (primary N) is 1. The van der Waals surface area contributed by atoms with Gasteiger partial charge in [-0.05, 0) is 36.2 Å². The van der Waals surface area contributed by atoms with Gasteiger partial charge in [-0.3, -0.25) is 4.72 Å². The first-order valence-corrected chi connectivity index (χ1v) is 7.39. The molecule has 0 aliphatic heterocycles. The number of anilines is 1. The first-order valence-electron chi connectivity index (χ1n) is 5.90. The van der Waals surface area contributed by atoms with E-state index in [4.69, 9.17) is 5.73 Å². The molecule has 0 spiro atoms. The van der Waals surface area contributed by atoms with Gasteiger partial charge in [0.05, 0.1) is 4.90 Å². The van der Waals surface area contributed by atoms with E-state index in [-0.39, 0.29) is 4.90 Å². The van der Waals surface area contributed by atoms with E-state index < -0.39 is 10.0 Å². The molecule has 4 nitrogen and oxygen atoms in total. The van der Waals surface area contributed by atoms with Crippen molar-refractivity contribution in [3.05, 3.63) is 59.7 Å². The predicted octanol–water partition coefficient (Wildman–Crippen LogP) is 2.25. The van der Waals surface area contributed by atoms with Crippen LogP contribution in [0.3, 0.4) is 0 Å². The van der Waals surface area contributed by atoms with Crippen molar-refractivity contribution in [3.63, 3.8) is 0 Å². The molecule has 2 aromatic carbocycles. The summed E-state index contributed by atoms with van der Waals surface area (Å²) in [6.07, 6.45) is 0.